The predicted octanol–water partition coefficient (Wildman–Crippen LogP) is 5.55. The molecule has 1 amide bonds. The Morgan fingerprint density at radius 2 is 1.94 bits per heavy atom. The minimum Gasteiger partial charge on any atom is -0.452 e. The van der Waals surface area contributed by atoms with Crippen molar-refractivity contribution in [2.45, 2.75) is 17.6 Å². The second kappa shape index (κ2) is 9.88. The molecule has 0 unspecified atom stereocenters. The third-order valence-corrected chi connectivity index (χ3v) is 5.00. The summed E-state index contributed by atoms with van der Waals surface area (Å²) in [4.78, 5) is 24.9. The zero-order valence-corrected chi connectivity index (χ0v) is 17.4. The number of nitrogens with zero attached hydrogens (tertiary/aromatic N) is 1. The van der Waals surface area contributed by atoms with E-state index in [4.69, 9.17) is 20.9 Å². The van der Waals surface area contributed by atoms with E-state index < -0.39 is 30.1 Å². The largest absolute Gasteiger partial charge is 0.452 e. The lowest BCUT2D eigenvalue weighted by Gasteiger charge is -2.08. The number of hydrogen-bond acceptors (Lipinski definition) is 6. The summed E-state index contributed by atoms with van der Waals surface area (Å²) in [7, 11) is 0. The molecule has 0 fully saturated rings. The Bertz CT molecular complexity index is 1090. The van der Waals surface area contributed by atoms with Crippen LogP contribution < -0.4 is 5.32 Å². The van der Waals surface area contributed by atoms with Gasteiger partial charge in [0.1, 0.15) is 22.8 Å². The Morgan fingerprint density at radius 1 is 1.23 bits per heavy atom. The van der Waals surface area contributed by atoms with Crippen LogP contribution in [0.3, 0.4) is 0 Å². The number of aryl methyl sites for hydroxylation is 1. The minimum atomic E-state index is -2.55. The van der Waals surface area contributed by atoms with Gasteiger partial charge in [0.05, 0.1) is 10.6 Å². The van der Waals surface area contributed by atoms with Crippen molar-refractivity contribution in [1.82, 2.24) is 5.16 Å². The van der Waals surface area contributed by atoms with E-state index in [-0.39, 0.29) is 27.6 Å². The van der Waals surface area contributed by atoms with Gasteiger partial charge in [-0.3, -0.25) is 4.79 Å². The molecule has 162 valence electrons. The zero-order chi connectivity index (χ0) is 22.5. The van der Waals surface area contributed by atoms with Gasteiger partial charge in [0.2, 0.25) is 0 Å². The first-order valence-corrected chi connectivity index (χ1v) is 9.94. The number of thioether (sulfide) groups is 1. The normalized spacial score (nSPS) is 10.9. The zero-order valence-electron chi connectivity index (χ0n) is 15.8. The predicted molar refractivity (Wildman–Crippen MR) is 109 cm³/mol. The van der Waals surface area contributed by atoms with Gasteiger partial charge in [0.25, 0.3) is 11.7 Å². The highest BCUT2D eigenvalue weighted by molar-refractivity contribution is 7.99. The summed E-state index contributed by atoms with van der Waals surface area (Å²) in [5, 5.41) is 6.19. The van der Waals surface area contributed by atoms with Gasteiger partial charge in [-0.15, -0.1) is 0 Å². The van der Waals surface area contributed by atoms with Crippen molar-refractivity contribution < 1.29 is 32.0 Å². The molecule has 1 aromatic heterocycles. The van der Waals surface area contributed by atoms with Gasteiger partial charge in [-0.1, -0.05) is 34.6 Å². The number of rotatable bonds is 7. The highest BCUT2D eigenvalue weighted by Crippen LogP contribution is 2.33. The fourth-order valence-corrected chi connectivity index (χ4v) is 3.38. The number of halogens is 4. The van der Waals surface area contributed by atoms with E-state index in [1.54, 1.807) is 0 Å². The second-order valence-corrected chi connectivity index (χ2v) is 7.56. The van der Waals surface area contributed by atoms with E-state index in [1.807, 2.05) is 0 Å². The molecular weight excluding hydrogens is 457 g/mol. The Balaban J connectivity index is 1.66. The lowest BCUT2D eigenvalue weighted by molar-refractivity contribution is -0.119. The van der Waals surface area contributed by atoms with E-state index in [9.17, 15) is 22.8 Å². The van der Waals surface area contributed by atoms with Gasteiger partial charge in [-0.05, 0) is 43.3 Å². The summed E-state index contributed by atoms with van der Waals surface area (Å²) in [6, 6.07) is 9.69. The van der Waals surface area contributed by atoms with Crippen LogP contribution >= 0.6 is 23.4 Å². The SMILES string of the molecule is Cc1onc(-c2c(F)cccc2Cl)c1C(=O)OCC(=O)Nc1ccc(SC(F)F)cc1. The van der Waals surface area contributed by atoms with Crippen LogP contribution in [0.15, 0.2) is 51.9 Å². The fourth-order valence-electron chi connectivity index (χ4n) is 2.63. The van der Waals surface area contributed by atoms with E-state index >= 15 is 0 Å². The Labute approximate surface area is 183 Å². The molecule has 6 nitrogen and oxygen atoms in total. The summed E-state index contributed by atoms with van der Waals surface area (Å²) in [5.41, 5.74) is -0.0925. The summed E-state index contributed by atoms with van der Waals surface area (Å²) >= 11 is 6.40. The third kappa shape index (κ3) is 5.59. The van der Waals surface area contributed by atoms with Gasteiger partial charge in [-0.25, -0.2) is 9.18 Å². The molecular formula is C20H14ClF3N2O4S. The number of aromatic nitrogens is 1. The first kappa shape index (κ1) is 22.7. The lowest BCUT2D eigenvalue weighted by atomic mass is 10.1. The first-order valence-electron chi connectivity index (χ1n) is 8.68. The maximum atomic E-state index is 14.2. The second-order valence-electron chi connectivity index (χ2n) is 6.09. The van der Waals surface area contributed by atoms with Gasteiger partial charge < -0.3 is 14.6 Å². The fraction of sp³-hybridized carbons (Fsp3) is 0.150. The number of benzene rings is 2. The van der Waals surface area contributed by atoms with Crippen LogP contribution in [0.25, 0.3) is 11.3 Å². The van der Waals surface area contributed by atoms with E-state index in [1.165, 1.54) is 43.3 Å². The molecule has 1 heterocycles. The number of carbonyl (C=O) groups is 2. The van der Waals surface area contributed by atoms with E-state index in [0.29, 0.717) is 22.3 Å². The van der Waals surface area contributed by atoms with Crippen LogP contribution in [0, 0.1) is 12.7 Å². The van der Waals surface area contributed by atoms with Crippen LogP contribution in [0.5, 0.6) is 0 Å². The molecule has 0 saturated carbocycles. The standard InChI is InChI=1S/C20H14ClF3N2O4S/c1-10-16(18(26-30-10)17-13(21)3-2-4-14(17)22)19(28)29-9-15(27)25-11-5-7-12(8-6-11)31-20(23)24/h2-8,20H,9H2,1H3,(H,25,27). The molecule has 0 atom stereocenters. The Kier molecular flexibility index (Phi) is 7.24. The summed E-state index contributed by atoms with van der Waals surface area (Å²) in [6.07, 6.45) is 0. The number of hydrogen-bond donors (Lipinski definition) is 1. The highest BCUT2D eigenvalue weighted by Gasteiger charge is 2.27. The van der Waals surface area contributed by atoms with E-state index in [2.05, 4.69) is 10.5 Å². The van der Waals surface area contributed by atoms with Crippen molar-refractivity contribution in [3.63, 3.8) is 0 Å². The molecule has 2 aromatic carbocycles. The molecule has 31 heavy (non-hydrogen) atoms. The van der Waals surface area contributed by atoms with Gasteiger partial charge in [0, 0.05) is 10.6 Å². The van der Waals surface area contributed by atoms with Crippen LogP contribution in [-0.2, 0) is 9.53 Å². The lowest BCUT2D eigenvalue weighted by Crippen LogP contribution is -2.21. The highest BCUT2D eigenvalue weighted by atomic mass is 35.5. The van der Waals surface area contributed by atoms with Crippen molar-refractivity contribution >= 4 is 40.9 Å². The van der Waals surface area contributed by atoms with Gasteiger partial charge in [-0.2, -0.15) is 8.78 Å². The van der Waals surface area contributed by atoms with Crippen LogP contribution in [0.4, 0.5) is 18.9 Å². The van der Waals surface area contributed by atoms with Crippen molar-refractivity contribution in [1.29, 1.82) is 0 Å². The van der Waals surface area contributed by atoms with Crippen LogP contribution in [0.2, 0.25) is 5.02 Å². The number of carbonyl (C=O) groups excluding carboxylic acids is 2. The maximum absolute atomic E-state index is 14.2. The molecule has 3 aromatic rings. The quantitative estimate of drug-likeness (QED) is 0.360. The number of esters is 1. The van der Waals surface area contributed by atoms with Crippen LogP contribution in [-0.4, -0.2) is 29.4 Å². The molecule has 0 bridgehead atoms. The number of nitrogens with one attached hydrogen (secondary N) is 1. The number of anilines is 1. The third-order valence-electron chi connectivity index (χ3n) is 3.96. The topological polar surface area (TPSA) is 81.4 Å². The average molecular weight is 471 g/mol. The Hall–Kier alpha value is -2.98. The average Bonchev–Trinajstić information content (AvgIpc) is 3.08. The molecule has 0 aliphatic heterocycles. The minimum absolute atomic E-state index is 0.0218. The number of alkyl halides is 2. The summed E-state index contributed by atoms with van der Waals surface area (Å²) in [6.45, 7) is 0.780. The van der Waals surface area contributed by atoms with Crippen molar-refractivity contribution in [2.24, 2.45) is 0 Å². The van der Waals surface area contributed by atoms with Crippen molar-refractivity contribution in [3.8, 4) is 11.3 Å². The molecule has 0 radical (unpaired) electrons. The van der Waals surface area contributed by atoms with Gasteiger partial charge >= 0.3 is 5.97 Å². The molecule has 3 rings (SSSR count). The molecule has 11 heteroatoms. The molecule has 0 spiro atoms. The summed E-state index contributed by atoms with van der Waals surface area (Å²) < 4.78 is 48.9. The molecule has 1 N–H and O–H groups in total. The molecule has 0 saturated heterocycles. The first-order chi connectivity index (χ1) is 14.8. The van der Waals surface area contributed by atoms with E-state index in [0.717, 1.165) is 6.07 Å². The number of ether oxygens (including phenoxy) is 1. The smallest absolute Gasteiger partial charge is 0.344 e. The number of amides is 1. The van der Waals surface area contributed by atoms with Crippen molar-refractivity contribution in [3.05, 3.63) is 64.6 Å². The summed E-state index contributed by atoms with van der Waals surface area (Å²) in [5.74, 6) is -4.81. The monoisotopic (exact) mass is 470 g/mol. The van der Waals surface area contributed by atoms with Crippen molar-refractivity contribution in [2.75, 3.05) is 11.9 Å². The molecule has 0 aliphatic carbocycles. The maximum Gasteiger partial charge on any atom is 0.344 e. The molecule has 0 aliphatic rings. The Morgan fingerprint density at radius 3 is 2.58 bits per heavy atom. The van der Waals surface area contributed by atoms with Gasteiger partial charge in [0.15, 0.2) is 6.61 Å². The van der Waals surface area contributed by atoms with Crippen LogP contribution in [0.1, 0.15) is 16.1 Å².